The van der Waals surface area contributed by atoms with E-state index in [0.29, 0.717) is 6.07 Å². The Kier molecular flexibility index (Phi) is 8.66. The van der Waals surface area contributed by atoms with Gasteiger partial charge in [-0.15, -0.1) is 0 Å². The first-order valence-electron chi connectivity index (χ1n) is 12.8. The van der Waals surface area contributed by atoms with Crippen molar-refractivity contribution in [1.29, 1.82) is 0 Å². The van der Waals surface area contributed by atoms with Crippen molar-refractivity contribution in [3.63, 3.8) is 0 Å². The summed E-state index contributed by atoms with van der Waals surface area (Å²) in [7, 11) is 0. The Morgan fingerprint density at radius 3 is 2.19 bits per heavy atom. The third-order valence-corrected chi connectivity index (χ3v) is 7.10. The van der Waals surface area contributed by atoms with E-state index in [4.69, 9.17) is 23.2 Å². The molecule has 0 saturated carbocycles. The molecule has 0 spiro atoms. The summed E-state index contributed by atoms with van der Waals surface area (Å²) in [5.74, 6) is 0.0968. The number of amides is 3. The standard InChI is InChI=1S/C29H26Cl2F3N5O4/c1-15(39(27(42)43)28(2,3)4)24-37-22-10-6-9-21(31)23(22)25(40)38(24)18-8-5-7-16(13-18)35-26(41)36-17-11-12-20(30)19(14-17)29(32,33)34/h5-15H,1-4H3,(H,42,43)(H2,35,36,41). The fourth-order valence-electron chi connectivity index (χ4n) is 4.72. The Labute approximate surface area is 253 Å². The van der Waals surface area contributed by atoms with Crippen molar-refractivity contribution in [2.24, 2.45) is 0 Å². The zero-order valence-corrected chi connectivity index (χ0v) is 24.8. The maximum absolute atomic E-state index is 13.9. The first-order chi connectivity index (χ1) is 20.0. The molecule has 1 atom stereocenters. The molecule has 0 aliphatic rings. The number of alkyl halides is 3. The van der Waals surface area contributed by atoms with E-state index in [1.807, 2.05) is 0 Å². The van der Waals surface area contributed by atoms with Crippen LogP contribution < -0.4 is 16.2 Å². The zero-order chi connectivity index (χ0) is 31.9. The van der Waals surface area contributed by atoms with Crippen LogP contribution in [0, 0.1) is 0 Å². The molecule has 0 aliphatic heterocycles. The molecule has 1 aromatic heterocycles. The molecular weight excluding hydrogens is 610 g/mol. The topological polar surface area (TPSA) is 117 Å². The van der Waals surface area contributed by atoms with Gasteiger partial charge < -0.3 is 15.7 Å². The highest BCUT2D eigenvalue weighted by atomic mass is 35.5. The highest BCUT2D eigenvalue weighted by Gasteiger charge is 2.35. The summed E-state index contributed by atoms with van der Waals surface area (Å²) in [4.78, 5) is 44.7. The van der Waals surface area contributed by atoms with E-state index in [-0.39, 0.29) is 38.8 Å². The second kappa shape index (κ2) is 11.8. The molecule has 1 unspecified atom stereocenters. The highest BCUT2D eigenvalue weighted by Crippen LogP contribution is 2.36. The Bertz CT molecular complexity index is 1790. The number of nitrogens with one attached hydrogen (secondary N) is 2. The summed E-state index contributed by atoms with van der Waals surface area (Å²) in [6.07, 6.45) is -5.95. The monoisotopic (exact) mass is 635 g/mol. The molecule has 14 heteroatoms. The Hall–Kier alpha value is -4.29. The number of anilines is 2. The number of nitrogens with zero attached hydrogens (tertiary/aromatic N) is 3. The van der Waals surface area contributed by atoms with Gasteiger partial charge in [0.1, 0.15) is 5.82 Å². The fraction of sp³-hybridized carbons (Fsp3) is 0.241. The van der Waals surface area contributed by atoms with E-state index >= 15 is 0 Å². The molecule has 3 amide bonds. The average molecular weight is 636 g/mol. The third-order valence-electron chi connectivity index (χ3n) is 6.45. The van der Waals surface area contributed by atoms with Crippen LogP contribution in [0.3, 0.4) is 0 Å². The molecule has 226 valence electrons. The number of halogens is 5. The van der Waals surface area contributed by atoms with E-state index in [9.17, 15) is 32.7 Å². The molecule has 9 nitrogen and oxygen atoms in total. The Balaban J connectivity index is 1.77. The summed E-state index contributed by atoms with van der Waals surface area (Å²) in [6.45, 7) is 6.73. The molecule has 0 fully saturated rings. The maximum atomic E-state index is 13.9. The van der Waals surface area contributed by atoms with Crippen LogP contribution in [0.15, 0.2) is 65.5 Å². The lowest BCUT2D eigenvalue weighted by atomic mass is 10.0. The van der Waals surface area contributed by atoms with E-state index in [2.05, 4.69) is 15.6 Å². The van der Waals surface area contributed by atoms with Crippen molar-refractivity contribution < 1.29 is 27.9 Å². The predicted molar refractivity (Wildman–Crippen MR) is 159 cm³/mol. The van der Waals surface area contributed by atoms with Gasteiger partial charge in [0.25, 0.3) is 5.56 Å². The van der Waals surface area contributed by atoms with Crippen molar-refractivity contribution >= 4 is 57.6 Å². The van der Waals surface area contributed by atoms with Crippen molar-refractivity contribution in [3.8, 4) is 5.69 Å². The van der Waals surface area contributed by atoms with E-state index in [0.717, 1.165) is 6.07 Å². The van der Waals surface area contributed by atoms with Gasteiger partial charge in [0.05, 0.1) is 38.2 Å². The van der Waals surface area contributed by atoms with Gasteiger partial charge in [-0.3, -0.25) is 14.3 Å². The van der Waals surface area contributed by atoms with Crippen LogP contribution in [0.2, 0.25) is 10.0 Å². The van der Waals surface area contributed by atoms with Gasteiger partial charge in [0.15, 0.2) is 0 Å². The molecule has 0 bridgehead atoms. The number of aromatic nitrogens is 2. The van der Waals surface area contributed by atoms with Gasteiger partial charge in [-0.25, -0.2) is 14.6 Å². The fourth-order valence-corrected chi connectivity index (χ4v) is 5.20. The van der Waals surface area contributed by atoms with Crippen LogP contribution >= 0.6 is 23.2 Å². The predicted octanol–water partition coefficient (Wildman–Crippen LogP) is 8.19. The number of hydrogen-bond acceptors (Lipinski definition) is 4. The van der Waals surface area contributed by atoms with Crippen LogP contribution in [0.5, 0.6) is 0 Å². The Morgan fingerprint density at radius 2 is 1.58 bits per heavy atom. The summed E-state index contributed by atoms with van der Waals surface area (Å²) < 4.78 is 40.9. The third kappa shape index (κ3) is 6.70. The average Bonchev–Trinajstić information content (AvgIpc) is 2.88. The largest absolute Gasteiger partial charge is 0.465 e. The minimum Gasteiger partial charge on any atom is -0.465 e. The number of rotatable bonds is 5. The number of fused-ring (bicyclic) bond motifs is 1. The second-order valence-electron chi connectivity index (χ2n) is 10.6. The molecule has 0 saturated heterocycles. The number of benzene rings is 3. The van der Waals surface area contributed by atoms with Gasteiger partial charge in [0, 0.05) is 16.9 Å². The van der Waals surface area contributed by atoms with E-state index in [1.54, 1.807) is 45.9 Å². The molecular formula is C29H26Cl2F3N5O4. The van der Waals surface area contributed by atoms with Crippen molar-refractivity contribution in [3.05, 3.63) is 92.5 Å². The summed E-state index contributed by atoms with van der Waals surface area (Å²) in [5, 5.41) is 14.6. The van der Waals surface area contributed by atoms with Gasteiger partial charge >= 0.3 is 18.3 Å². The molecule has 0 radical (unpaired) electrons. The number of urea groups is 1. The van der Waals surface area contributed by atoms with Gasteiger partial charge in [0.2, 0.25) is 0 Å². The van der Waals surface area contributed by atoms with Crippen LogP contribution in [0.1, 0.15) is 45.1 Å². The zero-order valence-electron chi connectivity index (χ0n) is 23.3. The van der Waals surface area contributed by atoms with Crippen LogP contribution in [-0.4, -0.2) is 37.2 Å². The molecule has 1 heterocycles. The lowest BCUT2D eigenvalue weighted by Gasteiger charge is -2.38. The first kappa shape index (κ1) is 31.6. The van der Waals surface area contributed by atoms with Gasteiger partial charge in [-0.05, 0) is 76.2 Å². The lowest BCUT2D eigenvalue weighted by molar-refractivity contribution is -0.137. The second-order valence-corrected chi connectivity index (χ2v) is 11.4. The van der Waals surface area contributed by atoms with Crippen LogP contribution in [-0.2, 0) is 6.18 Å². The molecule has 43 heavy (non-hydrogen) atoms. The van der Waals surface area contributed by atoms with Crippen molar-refractivity contribution in [1.82, 2.24) is 14.5 Å². The number of carboxylic acid groups (broad SMARTS) is 1. The van der Waals surface area contributed by atoms with Crippen molar-refractivity contribution in [2.75, 3.05) is 10.6 Å². The number of carbonyl (C=O) groups is 2. The molecule has 4 rings (SSSR count). The van der Waals surface area contributed by atoms with E-state index in [1.165, 1.54) is 39.8 Å². The quantitative estimate of drug-likeness (QED) is 0.204. The van der Waals surface area contributed by atoms with Crippen molar-refractivity contribution in [2.45, 2.75) is 45.5 Å². The normalized spacial score (nSPS) is 12.6. The number of carbonyl (C=O) groups excluding carboxylic acids is 1. The summed E-state index contributed by atoms with van der Waals surface area (Å²) in [5.41, 5.74) is -2.03. The van der Waals surface area contributed by atoms with Gasteiger partial charge in [-0.1, -0.05) is 35.3 Å². The SMILES string of the molecule is CC(c1nc2cccc(Cl)c2c(=O)n1-c1cccc(NC(=O)Nc2ccc(Cl)c(C(F)(F)F)c2)c1)N(C(=O)O)C(C)(C)C. The minimum absolute atomic E-state index is 0.0968. The first-order valence-corrected chi connectivity index (χ1v) is 13.5. The lowest BCUT2D eigenvalue weighted by Crippen LogP contribution is -2.47. The molecule has 3 aromatic carbocycles. The van der Waals surface area contributed by atoms with Crippen LogP contribution in [0.25, 0.3) is 16.6 Å². The smallest absolute Gasteiger partial charge is 0.417 e. The summed E-state index contributed by atoms with van der Waals surface area (Å²) >= 11 is 12.0. The van der Waals surface area contributed by atoms with Gasteiger partial charge in [-0.2, -0.15) is 13.2 Å². The minimum atomic E-state index is -4.72. The van der Waals surface area contributed by atoms with Crippen LogP contribution in [0.4, 0.5) is 34.1 Å². The molecule has 0 aliphatic carbocycles. The maximum Gasteiger partial charge on any atom is 0.417 e. The summed E-state index contributed by atoms with van der Waals surface area (Å²) in [6, 6.07) is 11.9. The number of hydrogen-bond donors (Lipinski definition) is 3. The van der Waals surface area contributed by atoms with E-state index < -0.39 is 46.0 Å². The molecule has 3 N–H and O–H groups in total. The highest BCUT2D eigenvalue weighted by molar-refractivity contribution is 6.35. The molecule has 4 aromatic rings. The Morgan fingerprint density at radius 1 is 0.953 bits per heavy atom.